The Balaban J connectivity index is 0. The van der Waals surface area contributed by atoms with Crippen molar-refractivity contribution < 1.29 is 22.3 Å². The van der Waals surface area contributed by atoms with Gasteiger partial charge in [0.25, 0.3) is 0 Å². The van der Waals surface area contributed by atoms with Crippen molar-refractivity contribution in [3.05, 3.63) is 59.7 Å². The molecule has 0 saturated heterocycles. The molecule has 0 heterocycles. The van der Waals surface area contributed by atoms with Crippen LogP contribution in [0.4, 0.5) is 0 Å². The fourth-order valence-electron chi connectivity index (χ4n) is 2.87. The molecular formula is C22H38N2O5S. The summed E-state index contributed by atoms with van der Waals surface area (Å²) in [5.74, 6) is 2.04. The van der Waals surface area contributed by atoms with Crippen molar-refractivity contribution in [2.75, 3.05) is 0 Å². The van der Waals surface area contributed by atoms with Crippen LogP contribution >= 0.6 is 0 Å². The van der Waals surface area contributed by atoms with Crippen LogP contribution in [0.25, 0.3) is 0 Å². The number of para-hydroxylation sites is 2. The molecule has 0 amide bonds. The van der Waals surface area contributed by atoms with Crippen molar-refractivity contribution in [2.45, 2.75) is 65.2 Å². The Morgan fingerprint density at radius 3 is 1.37 bits per heavy atom. The molecule has 2 aromatic rings. The Hall–Kier alpha value is -1.97. The van der Waals surface area contributed by atoms with Gasteiger partial charge in [-0.25, -0.2) is 0 Å². The summed E-state index contributed by atoms with van der Waals surface area (Å²) in [5.41, 5.74) is 2.65. The summed E-state index contributed by atoms with van der Waals surface area (Å²) in [6.45, 7) is 4.49. The van der Waals surface area contributed by atoms with E-state index in [9.17, 15) is 0 Å². The number of ether oxygens (including phenoxy) is 1. The van der Waals surface area contributed by atoms with E-state index in [0.29, 0.717) is 0 Å². The zero-order chi connectivity index (χ0) is 20.8. The molecule has 2 rings (SSSR count). The highest BCUT2D eigenvalue weighted by atomic mass is 32.3. The number of rotatable bonds is 10. The fraction of sp³-hybridized carbons (Fsp3) is 0.455. The van der Waals surface area contributed by atoms with Crippen molar-refractivity contribution in [1.82, 2.24) is 12.3 Å². The maximum absolute atomic E-state index is 8.74. The van der Waals surface area contributed by atoms with E-state index in [4.69, 9.17) is 22.3 Å². The van der Waals surface area contributed by atoms with E-state index in [1.807, 2.05) is 0 Å². The van der Waals surface area contributed by atoms with Gasteiger partial charge in [-0.3, -0.25) is 9.11 Å². The molecule has 172 valence electrons. The molecule has 0 aliphatic carbocycles. The molecule has 0 unspecified atom stereocenters. The van der Waals surface area contributed by atoms with E-state index < -0.39 is 10.4 Å². The highest BCUT2D eigenvalue weighted by Gasteiger charge is 2.08. The predicted octanol–water partition coefficient (Wildman–Crippen LogP) is 6.62. The quantitative estimate of drug-likeness (QED) is 0.238. The van der Waals surface area contributed by atoms with Gasteiger partial charge in [-0.05, 0) is 48.9 Å². The standard InChI is InChI=1S/C22H30O.2H3N.H2O4S/c1-3-5-7-13-19-15-9-11-17-21(19)23-22-18-12-10-16-20(22)14-8-6-4-2;;;1-5(2,3)4/h9-12,15-18H,3-8,13-14H2,1-2H3;2*1H3;(H2,1,2,3,4). The summed E-state index contributed by atoms with van der Waals surface area (Å²) in [7, 11) is -4.67. The van der Waals surface area contributed by atoms with Gasteiger partial charge in [-0.1, -0.05) is 75.9 Å². The summed E-state index contributed by atoms with van der Waals surface area (Å²) in [6.07, 6.45) is 9.73. The molecular weight excluding hydrogens is 404 g/mol. The first-order chi connectivity index (χ1) is 13.3. The molecule has 30 heavy (non-hydrogen) atoms. The van der Waals surface area contributed by atoms with Gasteiger partial charge in [0.1, 0.15) is 11.5 Å². The van der Waals surface area contributed by atoms with Crippen molar-refractivity contribution in [3.63, 3.8) is 0 Å². The molecule has 0 aliphatic heterocycles. The number of hydrogen-bond donors (Lipinski definition) is 4. The van der Waals surface area contributed by atoms with Crippen molar-refractivity contribution in [2.24, 2.45) is 0 Å². The van der Waals surface area contributed by atoms with Crippen molar-refractivity contribution >= 4 is 10.4 Å². The van der Waals surface area contributed by atoms with Gasteiger partial charge in [-0.15, -0.1) is 0 Å². The SMILES string of the molecule is CCCCCc1ccccc1Oc1ccccc1CCCCC.N.N.O=S(=O)(O)O. The number of benzene rings is 2. The van der Waals surface area contributed by atoms with Crippen LogP contribution in [0.2, 0.25) is 0 Å². The Morgan fingerprint density at radius 2 is 1.03 bits per heavy atom. The smallest absolute Gasteiger partial charge is 0.394 e. The number of hydrogen-bond acceptors (Lipinski definition) is 5. The molecule has 0 spiro atoms. The molecule has 0 aliphatic rings. The lowest BCUT2D eigenvalue weighted by atomic mass is 10.1. The second kappa shape index (κ2) is 16.8. The molecule has 0 saturated carbocycles. The molecule has 0 fully saturated rings. The van der Waals surface area contributed by atoms with Gasteiger partial charge in [0.15, 0.2) is 0 Å². The van der Waals surface area contributed by atoms with Crippen LogP contribution in [-0.4, -0.2) is 17.5 Å². The lowest BCUT2D eigenvalue weighted by Gasteiger charge is -2.14. The monoisotopic (exact) mass is 442 g/mol. The predicted molar refractivity (Wildman–Crippen MR) is 124 cm³/mol. The van der Waals surface area contributed by atoms with E-state index >= 15 is 0 Å². The van der Waals surface area contributed by atoms with Crippen molar-refractivity contribution in [1.29, 1.82) is 0 Å². The van der Waals surface area contributed by atoms with E-state index in [-0.39, 0.29) is 12.3 Å². The van der Waals surface area contributed by atoms with Gasteiger partial charge in [0.05, 0.1) is 0 Å². The highest BCUT2D eigenvalue weighted by Crippen LogP contribution is 2.30. The molecule has 0 bridgehead atoms. The Bertz CT molecular complexity index is 738. The van der Waals surface area contributed by atoms with Crippen LogP contribution in [0.5, 0.6) is 11.5 Å². The maximum atomic E-state index is 8.74. The van der Waals surface area contributed by atoms with Crippen LogP contribution in [-0.2, 0) is 23.2 Å². The van der Waals surface area contributed by atoms with Crippen LogP contribution < -0.4 is 17.0 Å². The summed E-state index contributed by atoms with van der Waals surface area (Å²) in [6, 6.07) is 17.0. The fourth-order valence-corrected chi connectivity index (χ4v) is 2.87. The van der Waals surface area contributed by atoms with Crippen LogP contribution in [0.1, 0.15) is 63.5 Å². The Kier molecular flexibility index (Phi) is 16.9. The van der Waals surface area contributed by atoms with Gasteiger partial charge in [-0.2, -0.15) is 8.42 Å². The lowest BCUT2D eigenvalue weighted by molar-refractivity contribution is 0.381. The molecule has 0 atom stereocenters. The van der Waals surface area contributed by atoms with E-state index in [2.05, 4.69) is 62.4 Å². The summed E-state index contributed by atoms with van der Waals surface area (Å²) in [4.78, 5) is 0. The topological polar surface area (TPSA) is 154 Å². The Morgan fingerprint density at radius 1 is 0.700 bits per heavy atom. The summed E-state index contributed by atoms with van der Waals surface area (Å²) < 4.78 is 37.9. The maximum Gasteiger partial charge on any atom is 0.394 e. The minimum absolute atomic E-state index is 0. The number of unbranched alkanes of at least 4 members (excludes halogenated alkanes) is 4. The first kappa shape index (κ1) is 30.2. The van der Waals surface area contributed by atoms with E-state index in [0.717, 1.165) is 24.3 Å². The molecule has 0 radical (unpaired) electrons. The third-order valence-corrected chi connectivity index (χ3v) is 4.26. The second-order valence-electron chi connectivity index (χ2n) is 6.68. The molecule has 7 nitrogen and oxygen atoms in total. The van der Waals surface area contributed by atoms with Gasteiger partial charge in [0.2, 0.25) is 0 Å². The van der Waals surface area contributed by atoms with Crippen LogP contribution in [0.15, 0.2) is 48.5 Å². The summed E-state index contributed by atoms with van der Waals surface area (Å²) in [5, 5.41) is 0. The second-order valence-corrected chi connectivity index (χ2v) is 7.58. The van der Waals surface area contributed by atoms with Crippen molar-refractivity contribution in [3.8, 4) is 11.5 Å². The Labute approximate surface area is 181 Å². The normalized spacial score (nSPS) is 10.1. The average Bonchev–Trinajstić information content (AvgIpc) is 2.63. The largest absolute Gasteiger partial charge is 0.457 e. The molecule has 8 heteroatoms. The summed E-state index contributed by atoms with van der Waals surface area (Å²) >= 11 is 0. The zero-order valence-corrected chi connectivity index (χ0v) is 19.0. The van der Waals surface area contributed by atoms with Crippen LogP contribution in [0, 0.1) is 0 Å². The third-order valence-electron chi connectivity index (χ3n) is 4.26. The first-order valence-corrected chi connectivity index (χ1v) is 11.3. The van der Waals surface area contributed by atoms with Crippen LogP contribution in [0.3, 0.4) is 0 Å². The third kappa shape index (κ3) is 14.1. The van der Waals surface area contributed by atoms with E-state index in [1.54, 1.807) is 0 Å². The molecule has 2 aromatic carbocycles. The lowest BCUT2D eigenvalue weighted by Crippen LogP contribution is -1.96. The molecule has 8 N–H and O–H groups in total. The van der Waals surface area contributed by atoms with Gasteiger partial charge >= 0.3 is 10.4 Å². The number of aryl methyl sites for hydroxylation is 2. The van der Waals surface area contributed by atoms with Gasteiger partial charge in [0, 0.05) is 0 Å². The minimum Gasteiger partial charge on any atom is -0.457 e. The first-order valence-electron chi connectivity index (χ1n) is 9.88. The molecule has 0 aromatic heterocycles. The van der Waals surface area contributed by atoms with Gasteiger partial charge < -0.3 is 17.0 Å². The average molecular weight is 443 g/mol. The van der Waals surface area contributed by atoms with E-state index in [1.165, 1.54) is 49.7 Å². The zero-order valence-electron chi connectivity index (χ0n) is 18.2. The highest BCUT2D eigenvalue weighted by molar-refractivity contribution is 7.79. The minimum atomic E-state index is -4.67.